The van der Waals surface area contributed by atoms with E-state index in [0.29, 0.717) is 26.2 Å². The highest BCUT2D eigenvalue weighted by molar-refractivity contribution is 5.78. The summed E-state index contributed by atoms with van der Waals surface area (Å²) in [7, 11) is 0. The minimum absolute atomic E-state index is 0.189. The molecule has 0 aromatic heterocycles. The Labute approximate surface area is 115 Å². The van der Waals surface area contributed by atoms with Crippen molar-refractivity contribution in [3.05, 3.63) is 35.9 Å². The normalized spacial score (nSPS) is 20.1. The Hall–Kier alpha value is -1.35. The number of carbonyl (C=O) groups is 1. The van der Waals surface area contributed by atoms with Gasteiger partial charge in [-0.2, -0.15) is 0 Å². The molecular formula is C16H23NO2. The van der Waals surface area contributed by atoms with Crippen molar-refractivity contribution >= 4 is 5.91 Å². The van der Waals surface area contributed by atoms with Gasteiger partial charge in [0.15, 0.2) is 0 Å². The maximum Gasteiger partial charge on any atom is 0.223 e. The minimum Gasteiger partial charge on any atom is -0.377 e. The van der Waals surface area contributed by atoms with Gasteiger partial charge in [0.1, 0.15) is 0 Å². The molecule has 2 rings (SSSR count). The van der Waals surface area contributed by atoms with Crippen LogP contribution in [0.15, 0.2) is 30.3 Å². The van der Waals surface area contributed by atoms with Crippen molar-refractivity contribution in [2.45, 2.75) is 38.6 Å². The van der Waals surface area contributed by atoms with Crippen LogP contribution >= 0.6 is 0 Å². The van der Waals surface area contributed by atoms with Gasteiger partial charge in [-0.15, -0.1) is 0 Å². The van der Waals surface area contributed by atoms with Gasteiger partial charge in [-0.05, 0) is 25.3 Å². The van der Waals surface area contributed by atoms with Crippen molar-refractivity contribution in [3.63, 3.8) is 0 Å². The smallest absolute Gasteiger partial charge is 0.223 e. The summed E-state index contributed by atoms with van der Waals surface area (Å²) in [6, 6.07) is 10.2. The highest BCUT2D eigenvalue weighted by Gasteiger charge is 2.34. The van der Waals surface area contributed by atoms with Gasteiger partial charge in [-0.1, -0.05) is 37.3 Å². The first-order valence-corrected chi connectivity index (χ1v) is 6.94. The molecule has 0 saturated carbocycles. The molecule has 1 heterocycles. The fraction of sp³-hybridized carbons (Fsp3) is 0.562. The number of benzene rings is 1. The number of rotatable bonds is 3. The van der Waals surface area contributed by atoms with Gasteiger partial charge < -0.3 is 9.64 Å². The molecule has 3 heteroatoms. The number of amides is 1. The predicted molar refractivity (Wildman–Crippen MR) is 76.1 cm³/mol. The molecule has 1 aliphatic rings. The molecule has 0 spiro atoms. The van der Waals surface area contributed by atoms with E-state index >= 15 is 0 Å². The van der Waals surface area contributed by atoms with E-state index in [1.165, 1.54) is 5.56 Å². The molecule has 1 unspecified atom stereocenters. The van der Waals surface area contributed by atoms with Crippen molar-refractivity contribution in [3.8, 4) is 0 Å². The second-order valence-electron chi connectivity index (χ2n) is 5.93. The molecule has 1 atom stereocenters. The van der Waals surface area contributed by atoms with Crippen LogP contribution in [0.3, 0.4) is 0 Å². The first-order valence-electron chi connectivity index (χ1n) is 6.94. The molecule has 1 aliphatic heterocycles. The van der Waals surface area contributed by atoms with Crippen molar-refractivity contribution in [1.82, 2.24) is 4.90 Å². The summed E-state index contributed by atoms with van der Waals surface area (Å²) < 4.78 is 5.46. The summed E-state index contributed by atoms with van der Waals surface area (Å²) >= 11 is 0. The fourth-order valence-electron chi connectivity index (χ4n) is 2.59. The van der Waals surface area contributed by atoms with Crippen LogP contribution in [0.5, 0.6) is 0 Å². The van der Waals surface area contributed by atoms with E-state index in [9.17, 15) is 4.79 Å². The zero-order valence-electron chi connectivity index (χ0n) is 12.1. The summed E-state index contributed by atoms with van der Waals surface area (Å²) in [6.07, 6.45) is 0.563. The van der Waals surface area contributed by atoms with E-state index in [1.807, 2.05) is 23.1 Å². The quantitative estimate of drug-likeness (QED) is 0.837. The Morgan fingerprint density at radius 3 is 2.68 bits per heavy atom. The van der Waals surface area contributed by atoms with Crippen LogP contribution in [0, 0.1) is 0 Å². The highest BCUT2D eigenvalue weighted by atomic mass is 16.5. The second kappa shape index (κ2) is 5.74. The Morgan fingerprint density at radius 1 is 1.37 bits per heavy atom. The summed E-state index contributed by atoms with van der Waals surface area (Å²) in [5.74, 6) is 0.483. The third kappa shape index (κ3) is 3.35. The lowest BCUT2D eigenvalue weighted by molar-refractivity contribution is -0.146. The molecule has 1 saturated heterocycles. The molecule has 0 aliphatic carbocycles. The van der Waals surface area contributed by atoms with Crippen molar-refractivity contribution in [2.75, 3.05) is 19.8 Å². The molecule has 3 nitrogen and oxygen atoms in total. The molecule has 1 amide bonds. The van der Waals surface area contributed by atoms with Crippen LogP contribution in [0.4, 0.5) is 0 Å². The Bertz CT molecular complexity index is 428. The zero-order valence-corrected chi connectivity index (χ0v) is 12.1. The lowest BCUT2D eigenvalue weighted by Gasteiger charge is -2.42. The number of ether oxygens (including phenoxy) is 1. The van der Waals surface area contributed by atoms with Crippen molar-refractivity contribution < 1.29 is 9.53 Å². The first-order chi connectivity index (χ1) is 9.00. The van der Waals surface area contributed by atoms with Gasteiger partial charge >= 0.3 is 0 Å². The lowest BCUT2D eigenvalue weighted by atomic mass is 9.95. The number of hydrogen-bond acceptors (Lipinski definition) is 2. The van der Waals surface area contributed by atoms with E-state index in [1.54, 1.807) is 0 Å². The van der Waals surface area contributed by atoms with E-state index in [0.717, 1.165) is 0 Å². The van der Waals surface area contributed by atoms with Crippen LogP contribution in [-0.2, 0) is 9.53 Å². The summed E-state index contributed by atoms with van der Waals surface area (Å²) in [6.45, 7) is 8.22. The monoisotopic (exact) mass is 261 g/mol. The molecule has 0 radical (unpaired) electrons. The molecule has 1 fully saturated rings. The molecule has 19 heavy (non-hydrogen) atoms. The van der Waals surface area contributed by atoms with Crippen LogP contribution < -0.4 is 0 Å². The minimum atomic E-state index is -0.189. The number of carbonyl (C=O) groups excluding carboxylic acids is 1. The average Bonchev–Trinajstić information content (AvgIpc) is 2.39. The lowest BCUT2D eigenvalue weighted by Crippen LogP contribution is -2.55. The molecule has 0 N–H and O–H groups in total. The zero-order chi connectivity index (χ0) is 13.9. The van der Waals surface area contributed by atoms with Gasteiger partial charge in [0.2, 0.25) is 5.91 Å². The van der Waals surface area contributed by atoms with E-state index in [-0.39, 0.29) is 17.4 Å². The molecular weight excluding hydrogens is 238 g/mol. The molecule has 0 bridgehead atoms. The van der Waals surface area contributed by atoms with Gasteiger partial charge in [-0.3, -0.25) is 4.79 Å². The van der Waals surface area contributed by atoms with E-state index < -0.39 is 0 Å². The number of morpholine rings is 1. The summed E-state index contributed by atoms with van der Waals surface area (Å²) in [5.41, 5.74) is 1.04. The van der Waals surface area contributed by atoms with Gasteiger partial charge in [0, 0.05) is 13.0 Å². The second-order valence-corrected chi connectivity index (χ2v) is 5.93. The van der Waals surface area contributed by atoms with E-state index in [2.05, 4.69) is 32.9 Å². The van der Waals surface area contributed by atoms with Gasteiger partial charge in [-0.25, -0.2) is 0 Å². The third-order valence-electron chi connectivity index (χ3n) is 3.80. The predicted octanol–water partition coefficient (Wildman–Crippen LogP) is 2.82. The van der Waals surface area contributed by atoms with Gasteiger partial charge in [0.25, 0.3) is 0 Å². The van der Waals surface area contributed by atoms with Crippen LogP contribution in [0.25, 0.3) is 0 Å². The van der Waals surface area contributed by atoms with Crippen LogP contribution in [-0.4, -0.2) is 36.1 Å². The maximum absolute atomic E-state index is 12.5. The number of hydrogen-bond donors (Lipinski definition) is 0. The Kier molecular flexibility index (Phi) is 4.25. The average molecular weight is 261 g/mol. The van der Waals surface area contributed by atoms with Crippen molar-refractivity contribution in [2.24, 2.45) is 0 Å². The molecule has 1 aromatic rings. The van der Waals surface area contributed by atoms with Crippen molar-refractivity contribution in [1.29, 1.82) is 0 Å². The SMILES string of the molecule is CC(CC(=O)N1CCOCC1(C)C)c1ccccc1. The summed E-state index contributed by atoms with van der Waals surface area (Å²) in [5, 5.41) is 0. The Morgan fingerprint density at radius 2 is 2.05 bits per heavy atom. The largest absolute Gasteiger partial charge is 0.377 e. The first kappa shape index (κ1) is 14.1. The number of nitrogens with zero attached hydrogens (tertiary/aromatic N) is 1. The topological polar surface area (TPSA) is 29.5 Å². The fourth-order valence-corrected chi connectivity index (χ4v) is 2.59. The highest BCUT2D eigenvalue weighted by Crippen LogP contribution is 2.24. The standard InChI is InChI=1S/C16H23NO2/c1-13(14-7-5-4-6-8-14)11-15(18)17-9-10-19-12-16(17,2)3/h4-8,13H,9-12H2,1-3H3. The Balaban J connectivity index is 2.01. The third-order valence-corrected chi connectivity index (χ3v) is 3.80. The van der Waals surface area contributed by atoms with Crippen LogP contribution in [0.1, 0.15) is 38.7 Å². The maximum atomic E-state index is 12.5. The van der Waals surface area contributed by atoms with Gasteiger partial charge in [0.05, 0.1) is 18.8 Å². The summed E-state index contributed by atoms with van der Waals surface area (Å²) in [4.78, 5) is 14.4. The van der Waals surface area contributed by atoms with Crippen LogP contribution in [0.2, 0.25) is 0 Å². The molecule has 1 aromatic carbocycles. The molecule has 104 valence electrons. The van der Waals surface area contributed by atoms with E-state index in [4.69, 9.17) is 4.74 Å².